The highest BCUT2D eigenvalue weighted by molar-refractivity contribution is 6.06. The molecule has 0 aliphatic heterocycles. The van der Waals surface area contributed by atoms with Crippen LogP contribution in [0.1, 0.15) is 22.8 Å². The first-order valence-electron chi connectivity index (χ1n) is 7.43. The van der Waals surface area contributed by atoms with Gasteiger partial charge in [-0.1, -0.05) is 35.9 Å². The monoisotopic (exact) mass is 293 g/mol. The van der Waals surface area contributed by atoms with Crippen LogP contribution in [-0.4, -0.2) is 17.0 Å². The maximum Gasteiger partial charge on any atom is 0.161 e. The zero-order valence-corrected chi connectivity index (χ0v) is 12.9. The number of Topliss-reactive ketones (excluding diaryl/α,β-unsaturated/α-hetero) is 1. The Bertz CT molecular complexity index is 800. The third-order valence-electron chi connectivity index (χ3n) is 3.79. The summed E-state index contributed by atoms with van der Waals surface area (Å²) in [4.78, 5) is 11.8. The molecule has 0 saturated heterocycles. The zero-order chi connectivity index (χ0) is 15.5. The van der Waals surface area contributed by atoms with Gasteiger partial charge in [-0.25, -0.2) is 0 Å². The highest BCUT2D eigenvalue weighted by atomic mass is 16.5. The smallest absolute Gasteiger partial charge is 0.161 e. The topological polar surface area (TPSA) is 31.2 Å². The van der Waals surface area contributed by atoms with Gasteiger partial charge < -0.3 is 9.30 Å². The minimum Gasteiger partial charge on any atom is -0.492 e. The lowest BCUT2D eigenvalue weighted by molar-refractivity contribution is 0.101. The van der Waals surface area contributed by atoms with Gasteiger partial charge in [0, 0.05) is 22.7 Å². The summed E-state index contributed by atoms with van der Waals surface area (Å²) in [7, 11) is 0. The lowest BCUT2D eigenvalue weighted by atomic mass is 10.1. The van der Waals surface area contributed by atoms with Crippen LogP contribution in [-0.2, 0) is 6.54 Å². The van der Waals surface area contributed by atoms with Crippen molar-refractivity contribution in [2.45, 2.75) is 20.4 Å². The van der Waals surface area contributed by atoms with Gasteiger partial charge in [-0.15, -0.1) is 0 Å². The molecule has 0 spiro atoms. The summed E-state index contributed by atoms with van der Waals surface area (Å²) in [5.74, 6) is 0.961. The lowest BCUT2D eigenvalue weighted by Gasteiger charge is -2.08. The number of hydrogen-bond donors (Lipinski definition) is 0. The van der Waals surface area contributed by atoms with E-state index < -0.39 is 0 Å². The summed E-state index contributed by atoms with van der Waals surface area (Å²) in [6, 6.07) is 16.0. The van der Waals surface area contributed by atoms with Crippen LogP contribution >= 0.6 is 0 Å². The first-order valence-corrected chi connectivity index (χ1v) is 7.43. The molecule has 22 heavy (non-hydrogen) atoms. The molecular weight excluding hydrogens is 274 g/mol. The number of fused-ring (bicyclic) bond motifs is 1. The second-order valence-corrected chi connectivity index (χ2v) is 5.47. The molecule has 3 rings (SSSR count). The second kappa shape index (κ2) is 6.06. The molecule has 3 aromatic rings. The van der Waals surface area contributed by atoms with E-state index >= 15 is 0 Å². The molecule has 3 nitrogen and oxygen atoms in total. The van der Waals surface area contributed by atoms with Gasteiger partial charge in [0.15, 0.2) is 5.78 Å². The number of benzene rings is 2. The first-order chi connectivity index (χ1) is 10.6. The number of para-hydroxylation sites is 1. The number of aromatic nitrogens is 1. The van der Waals surface area contributed by atoms with Crippen LogP contribution in [0, 0.1) is 6.92 Å². The van der Waals surface area contributed by atoms with Crippen molar-refractivity contribution in [1.29, 1.82) is 0 Å². The number of ketones is 1. The van der Waals surface area contributed by atoms with E-state index in [4.69, 9.17) is 4.74 Å². The molecule has 0 fully saturated rings. The van der Waals surface area contributed by atoms with Gasteiger partial charge in [-0.05, 0) is 32.0 Å². The van der Waals surface area contributed by atoms with E-state index in [1.807, 2.05) is 54.7 Å². The molecule has 0 aliphatic rings. The Morgan fingerprint density at radius 1 is 1.09 bits per heavy atom. The van der Waals surface area contributed by atoms with Crippen molar-refractivity contribution < 1.29 is 9.53 Å². The number of aryl methyl sites for hydroxylation is 1. The molecule has 0 atom stereocenters. The molecule has 0 radical (unpaired) electrons. The number of nitrogens with zero attached hydrogens (tertiary/aromatic N) is 1. The largest absolute Gasteiger partial charge is 0.492 e. The van der Waals surface area contributed by atoms with Crippen molar-refractivity contribution in [3.63, 3.8) is 0 Å². The van der Waals surface area contributed by atoms with Crippen LogP contribution in [0.4, 0.5) is 0 Å². The normalized spacial score (nSPS) is 10.8. The van der Waals surface area contributed by atoms with E-state index in [0.29, 0.717) is 13.2 Å². The number of ether oxygens (including phenoxy) is 1. The number of carbonyl (C=O) groups is 1. The Morgan fingerprint density at radius 3 is 2.55 bits per heavy atom. The summed E-state index contributed by atoms with van der Waals surface area (Å²) in [5.41, 5.74) is 3.06. The molecule has 0 unspecified atom stereocenters. The Labute approximate surface area is 130 Å². The molecule has 0 bridgehead atoms. The fourth-order valence-corrected chi connectivity index (χ4v) is 2.61. The minimum absolute atomic E-state index is 0.0920. The van der Waals surface area contributed by atoms with E-state index in [2.05, 4.69) is 11.5 Å². The van der Waals surface area contributed by atoms with Crippen LogP contribution in [0.2, 0.25) is 0 Å². The Balaban J connectivity index is 1.76. The predicted molar refractivity (Wildman–Crippen MR) is 88.6 cm³/mol. The predicted octanol–water partition coefficient (Wildman–Crippen LogP) is 4.23. The Kier molecular flexibility index (Phi) is 3.96. The fraction of sp³-hybridized carbons (Fsp3) is 0.211. The van der Waals surface area contributed by atoms with Crippen LogP contribution in [0.25, 0.3) is 10.9 Å². The SMILES string of the molecule is CC(=O)c1cn(CCOc2ccc(C)cc2)c2ccccc12. The summed E-state index contributed by atoms with van der Waals surface area (Å²) in [6.45, 7) is 4.94. The van der Waals surface area contributed by atoms with E-state index in [1.165, 1.54) is 5.56 Å². The van der Waals surface area contributed by atoms with Crippen LogP contribution in [0.3, 0.4) is 0 Å². The third kappa shape index (κ3) is 2.89. The van der Waals surface area contributed by atoms with Crippen molar-refractivity contribution in [1.82, 2.24) is 4.57 Å². The number of rotatable bonds is 5. The van der Waals surface area contributed by atoms with E-state index in [0.717, 1.165) is 22.2 Å². The van der Waals surface area contributed by atoms with Gasteiger partial charge in [-0.3, -0.25) is 4.79 Å². The fourth-order valence-electron chi connectivity index (χ4n) is 2.61. The average Bonchev–Trinajstić information content (AvgIpc) is 2.89. The molecular formula is C19H19NO2. The van der Waals surface area contributed by atoms with E-state index in [1.54, 1.807) is 6.92 Å². The van der Waals surface area contributed by atoms with Gasteiger partial charge in [-0.2, -0.15) is 0 Å². The molecule has 0 N–H and O–H groups in total. The van der Waals surface area contributed by atoms with Gasteiger partial charge in [0.1, 0.15) is 12.4 Å². The second-order valence-electron chi connectivity index (χ2n) is 5.47. The van der Waals surface area contributed by atoms with Gasteiger partial charge >= 0.3 is 0 Å². The first kappa shape index (κ1) is 14.4. The van der Waals surface area contributed by atoms with Crippen molar-refractivity contribution in [3.05, 3.63) is 65.9 Å². The Hall–Kier alpha value is -2.55. The zero-order valence-electron chi connectivity index (χ0n) is 12.9. The molecule has 0 aliphatic carbocycles. The van der Waals surface area contributed by atoms with Crippen LogP contribution in [0.15, 0.2) is 54.7 Å². The lowest BCUT2D eigenvalue weighted by Crippen LogP contribution is -2.07. The third-order valence-corrected chi connectivity index (χ3v) is 3.79. The van der Waals surface area contributed by atoms with Crippen molar-refractivity contribution >= 4 is 16.7 Å². The summed E-state index contributed by atoms with van der Waals surface area (Å²) < 4.78 is 7.86. The molecule has 3 heteroatoms. The molecule has 1 aromatic heterocycles. The number of carbonyl (C=O) groups excluding carboxylic acids is 1. The Morgan fingerprint density at radius 2 is 1.82 bits per heavy atom. The van der Waals surface area contributed by atoms with Gasteiger partial charge in [0.05, 0.1) is 6.54 Å². The standard InChI is InChI=1S/C19H19NO2/c1-14-7-9-16(10-8-14)22-12-11-20-13-18(15(2)21)17-5-3-4-6-19(17)20/h3-10,13H,11-12H2,1-2H3. The molecule has 112 valence electrons. The summed E-state index contributed by atoms with van der Waals surface area (Å²) >= 11 is 0. The average molecular weight is 293 g/mol. The molecule has 0 saturated carbocycles. The van der Waals surface area contributed by atoms with Gasteiger partial charge in [0.25, 0.3) is 0 Å². The summed E-state index contributed by atoms with van der Waals surface area (Å²) in [6.07, 6.45) is 1.92. The van der Waals surface area contributed by atoms with E-state index in [-0.39, 0.29) is 5.78 Å². The molecule has 1 heterocycles. The van der Waals surface area contributed by atoms with Gasteiger partial charge in [0.2, 0.25) is 0 Å². The van der Waals surface area contributed by atoms with Crippen molar-refractivity contribution in [2.75, 3.05) is 6.61 Å². The number of hydrogen-bond acceptors (Lipinski definition) is 2. The molecule has 2 aromatic carbocycles. The van der Waals surface area contributed by atoms with Crippen molar-refractivity contribution in [2.24, 2.45) is 0 Å². The maximum atomic E-state index is 11.8. The van der Waals surface area contributed by atoms with Crippen molar-refractivity contribution in [3.8, 4) is 5.75 Å². The quantitative estimate of drug-likeness (QED) is 0.659. The van der Waals surface area contributed by atoms with Crippen LogP contribution in [0.5, 0.6) is 5.75 Å². The highest BCUT2D eigenvalue weighted by Gasteiger charge is 2.11. The van der Waals surface area contributed by atoms with E-state index in [9.17, 15) is 4.79 Å². The maximum absolute atomic E-state index is 11.8. The highest BCUT2D eigenvalue weighted by Crippen LogP contribution is 2.22. The van der Waals surface area contributed by atoms with Crippen LogP contribution < -0.4 is 4.74 Å². The summed E-state index contributed by atoms with van der Waals surface area (Å²) in [5, 5.41) is 1.00. The molecule has 0 amide bonds. The minimum atomic E-state index is 0.0920.